The lowest BCUT2D eigenvalue weighted by Crippen LogP contribution is -2.34. The highest BCUT2D eigenvalue weighted by Crippen LogP contribution is 2.21. The molecule has 1 unspecified atom stereocenters. The second-order valence-electron chi connectivity index (χ2n) is 3.79. The molecule has 0 radical (unpaired) electrons. The standard InChI is InChI=1S/C12H12Br2N2O/c1-8(3-4-15)16(2)12(17)9-5-10(13)7-11(14)6-9/h5-8H,3H2,1-2H3. The van der Waals surface area contributed by atoms with Crippen LogP contribution in [0.3, 0.4) is 0 Å². The summed E-state index contributed by atoms with van der Waals surface area (Å²) in [5, 5.41) is 8.62. The average molecular weight is 360 g/mol. The molecule has 0 spiro atoms. The van der Waals surface area contributed by atoms with E-state index < -0.39 is 0 Å². The lowest BCUT2D eigenvalue weighted by atomic mass is 10.1. The Kier molecular flexibility index (Phi) is 5.16. The third-order valence-corrected chi connectivity index (χ3v) is 3.39. The minimum Gasteiger partial charge on any atom is -0.338 e. The molecule has 17 heavy (non-hydrogen) atoms. The monoisotopic (exact) mass is 358 g/mol. The van der Waals surface area contributed by atoms with Crippen LogP contribution in [0.4, 0.5) is 0 Å². The summed E-state index contributed by atoms with van der Waals surface area (Å²) >= 11 is 6.69. The summed E-state index contributed by atoms with van der Waals surface area (Å²) < 4.78 is 1.69. The molecule has 0 saturated heterocycles. The van der Waals surface area contributed by atoms with Gasteiger partial charge in [0.15, 0.2) is 0 Å². The van der Waals surface area contributed by atoms with Crippen molar-refractivity contribution in [3.8, 4) is 6.07 Å². The Hall–Kier alpha value is -0.860. The number of rotatable bonds is 3. The van der Waals surface area contributed by atoms with Gasteiger partial charge in [-0.3, -0.25) is 4.79 Å². The molecule has 0 saturated carbocycles. The molecule has 90 valence electrons. The Morgan fingerprint density at radius 2 is 1.94 bits per heavy atom. The number of hydrogen-bond donors (Lipinski definition) is 0. The SMILES string of the molecule is CC(CC#N)N(C)C(=O)c1cc(Br)cc(Br)c1. The zero-order valence-corrected chi connectivity index (χ0v) is 12.7. The summed E-state index contributed by atoms with van der Waals surface area (Å²) in [6, 6.07) is 7.38. The smallest absolute Gasteiger partial charge is 0.253 e. The van der Waals surface area contributed by atoms with Crippen molar-refractivity contribution in [1.82, 2.24) is 4.90 Å². The van der Waals surface area contributed by atoms with Gasteiger partial charge >= 0.3 is 0 Å². The topological polar surface area (TPSA) is 44.1 Å². The van der Waals surface area contributed by atoms with Crippen molar-refractivity contribution in [2.24, 2.45) is 0 Å². The molecule has 1 rings (SSSR count). The fourth-order valence-corrected chi connectivity index (χ4v) is 2.64. The number of benzene rings is 1. The van der Waals surface area contributed by atoms with Crippen molar-refractivity contribution in [3.63, 3.8) is 0 Å². The van der Waals surface area contributed by atoms with E-state index in [1.807, 2.05) is 13.0 Å². The molecule has 1 aromatic rings. The van der Waals surface area contributed by atoms with E-state index in [0.717, 1.165) is 8.95 Å². The van der Waals surface area contributed by atoms with Gasteiger partial charge in [-0.15, -0.1) is 0 Å². The van der Waals surface area contributed by atoms with Gasteiger partial charge in [-0.05, 0) is 25.1 Å². The molecule has 0 aliphatic carbocycles. The largest absolute Gasteiger partial charge is 0.338 e. The first-order chi connectivity index (χ1) is 7.95. The zero-order chi connectivity index (χ0) is 13.0. The average Bonchev–Trinajstić information content (AvgIpc) is 2.26. The number of hydrogen-bond acceptors (Lipinski definition) is 2. The van der Waals surface area contributed by atoms with E-state index in [-0.39, 0.29) is 11.9 Å². The molecule has 0 aliphatic heterocycles. The highest BCUT2D eigenvalue weighted by molar-refractivity contribution is 9.11. The maximum Gasteiger partial charge on any atom is 0.253 e. The van der Waals surface area contributed by atoms with Gasteiger partial charge in [-0.1, -0.05) is 31.9 Å². The van der Waals surface area contributed by atoms with Crippen LogP contribution in [0.2, 0.25) is 0 Å². The maximum absolute atomic E-state index is 12.1. The molecule has 1 atom stereocenters. The van der Waals surface area contributed by atoms with Crippen molar-refractivity contribution in [2.45, 2.75) is 19.4 Å². The zero-order valence-electron chi connectivity index (χ0n) is 9.58. The third-order valence-electron chi connectivity index (χ3n) is 2.48. The first-order valence-corrected chi connectivity index (χ1v) is 6.64. The van der Waals surface area contributed by atoms with Gasteiger partial charge in [-0.2, -0.15) is 5.26 Å². The number of carbonyl (C=O) groups is 1. The number of nitrogens with zero attached hydrogens (tertiary/aromatic N) is 2. The van der Waals surface area contributed by atoms with Crippen molar-refractivity contribution in [3.05, 3.63) is 32.7 Å². The fraction of sp³-hybridized carbons (Fsp3) is 0.333. The lowest BCUT2D eigenvalue weighted by molar-refractivity contribution is 0.0746. The summed E-state index contributed by atoms with van der Waals surface area (Å²) in [5.74, 6) is -0.0882. The van der Waals surface area contributed by atoms with Crippen LogP contribution in [0.15, 0.2) is 27.1 Å². The van der Waals surface area contributed by atoms with E-state index >= 15 is 0 Å². The highest BCUT2D eigenvalue weighted by Gasteiger charge is 2.17. The maximum atomic E-state index is 12.1. The second-order valence-corrected chi connectivity index (χ2v) is 5.62. The first-order valence-electron chi connectivity index (χ1n) is 5.06. The molecule has 0 aliphatic rings. The third kappa shape index (κ3) is 3.83. The van der Waals surface area contributed by atoms with Gasteiger partial charge in [-0.25, -0.2) is 0 Å². The lowest BCUT2D eigenvalue weighted by Gasteiger charge is -2.23. The van der Waals surface area contributed by atoms with Crippen LogP contribution in [0, 0.1) is 11.3 Å². The molecule has 5 heteroatoms. The number of halogens is 2. The summed E-state index contributed by atoms with van der Waals surface area (Å²) in [6.07, 6.45) is 0.331. The van der Waals surface area contributed by atoms with Crippen LogP contribution in [-0.2, 0) is 0 Å². The summed E-state index contributed by atoms with van der Waals surface area (Å²) in [5.41, 5.74) is 0.596. The van der Waals surface area contributed by atoms with E-state index in [4.69, 9.17) is 5.26 Å². The molecule has 0 heterocycles. The van der Waals surface area contributed by atoms with Gasteiger partial charge in [0, 0.05) is 27.6 Å². The first kappa shape index (κ1) is 14.2. The molecule has 0 N–H and O–H groups in total. The van der Waals surface area contributed by atoms with Gasteiger partial charge in [0.1, 0.15) is 0 Å². The minimum atomic E-state index is -0.0924. The Bertz CT molecular complexity index is 448. The van der Waals surface area contributed by atoms with Crippen molar-refractivity contribution in [1.29, 1.82) is 5.26 Å². The van der Waals surface area contributed by atoms with Crippen molar-refractivity contribution >= 4 is 37.8 Å². The number of nitriles is 1. The number of carbonyl (C=O) groups excluding carboxylic acids is 1. The molecule has 3 nitrogen and oxygen atoms in total. The van der Waals surface area contributed by atoms with Crippen LogP contribution < -0.4 is 0 Å². The highest BCUT2D eigenvalue weighted by atomic mass is 79.9. The Morgan fingerprint density at radius 1 is 1.41 bits per heavy atom. The Labute approximate surface area is 118 Å². The molecule has 0 aromatic heterocycles. The second kappa shape index (κ2) is 6.18. The fourth-order valence-electron chi connectivity index (χ4n) is 1.35. The number of amides is 1. The summed E-state index contributed by atoms with van der Waals surface area (Å²) in [7, 11) is 1.71. The van der Waals surface area contributed by atoms with Crippen LogP contribution in [0.1, 0.15) is 23.7 Å². The van der Waals surface area contributed by atoms with Crippen LogP contribution >= 0.6 is 31.9 Å². The predicted molar refractivity (Wildman–Crippen MR) is 73.6 cm³/mol. The van der Waals surface area contributed by atoms with Crippen LogP contribution in [0.5, 0.6) is 0 Å². The van der Waals surface area contributed by atoms with Gasteiger partial charge in [0.05, 0.1) is 12.5 Å². The van der Waals surface area contributed by atoms with E-state index in [0.29, 0.717) is 12.0 Å². The van der Waals surface area contributed by atoms with Gasteiger partial charge < -0.3 is 4.90 Å². The normalized spacial score (nSPS) is 11.7. The molecule has 1 amide bonds. The van der Waals surface area contributed by atoms with E-state index in [1.165, 1.54) is 0 Å². The Balaban J connectivity index is 2.93. The van der Waals surface area contributed by atoms with Gasteiger partial charge in [0.2, 0.25) is 0 Å². The molecule has 1 aromatic carbocycles. The summed E-state index contributed by atoms with van der Waals surface area (Å²) in [6.45, 7) is 1.86. The molecule has 0 fully saturated rings. The van der Waals surface area contributed by atoms with E-state index in [9.17, 15) is 4.79 Å². The minimum absolute atomic E-state index is 0.0882. The molecular weight excluding hydrogens is 348 g/mol. The molecule has 0 bridgehead atoms. The Morgan fingerprint density at radius 3 is 2.41 bits per heavy atom. The van der Waals surface area contributed by atoms with Crippen LogP contribution in [0.25, 0.3) is 0 Å². The summed E-state index contributed by atoms with van der Waals surface area (Å²) in [4.78, 5) is 13.7. The predicted octanol–water partition coefficient (Wildman–Crippen LogP) is 3.59. The molecular formula is C12H12Br2N2O. The van der Waals surface area contributed by atoms with E-state index in [1.54, 1.807) is 24.1 Å². The van der Waals surface area contributed by atoms with Crippen LogP contribution in [-0.4, -0.2) is 23.9 Å². The quantitative estimate of drug-likeness (QED) is 0.827. The van der Waals surface area contributed by atoms with E-state index in [2.05, 4.69) is 37.9 Å². The van der Waals surface area contributed by atoms with Crippen molar-refractivity contribution in [2.75, 3.05) is 7.05 Å². The van der Waals surface area contributed by atoms with Crippen molar-refractivity contribution < 1.29 is 4.79 Å². The van der Waals surface area contributed by atoms with Gasteiger partial charge in [0.25, 0.3) is 5.91 Å².